The van der Waals surface area contributed by atoms with Gasteiger partial charge in [-0.2, -0.15) is 0 Å². The molecular formula is C24H21N3O3. The normalized spacial score (nSPS) is 16.1. The minimum absolute atomic E-state index is 0.0109. The molecule has 2 heterocycles. The number of carbonyl (C=O) groups excluding carboxylic acids is 2. The number of carbonyl (C=O) groups is 2. The van der Waals surface area contributed by atoms with E-state index in [4.69, 9.17) is 0 Å². The van der Waals surface area contributed by atoms with Gasteiger partial charge in [-0.25, -0.2) is 4.79 Å². The first-order chi connectivity index (χ1) is 14.5. The number of amides is 3. The SMILES string of the molecule is C=CC(=O)N1CC(N2Cc3ccc(-c4cc(O)cc5ccccc45)cc3NC2=O)C1. The summed E-state index contributed by atoms with van der Waals surface area (Å²) in [6, 6.07) is 17.2. The average molecular weight is 399 g/mol. The van der Waals surface area contributed by atoms with Crippen LogP contribution in [0.3, 0.4) is 0 Å². The van der Waals surface area contributed by atoms with E-state index in [9.17, 15) is 14.7 Å². The zero-order chi connectivity index (χ0) is 20.8. The molecule has 3 aromatic carbocycles. The number of anilines is 1. The summed E-state index contributed by atoms with van der Waals surface area (Å²) in [5.41, 5.74) is 3.65. The lowest BCUT2D eigenvalue weighted by molar-refractivity contribution is -0.132. The zero-order valence-corrected chi connectivity index (χ0v) is 16.3. The van der Waals surface area contributed by atoms with E-state index < -0.39 is 0 Å². The van der Waals surface area contributed by atoms with E-state index in [0.29, 0.717) is 19.6 Å². The van der Waals surface area contributed by atoms with Gasteiger partial charge >= 0.3 is 6.03 Å². The van der Waals surface area contributed by atoms with E-state index >= 15 is 0 Å². The molecular weight excluding hydrogens is 378 g/mol. The molecule has 0 bridgehead atoms. The van der Waals surface area contributed by atoms with Crippen LogP contribution in [0.25, 0.3) is 21.9 Å². The number of hydrogen-bond acceptors (Lipinski definition) is 3. The van der Waals surface area contributed by atoms with Crippen molar-refractivity contribution in [1.29, 1.82) is 0 Å². The predicted molar refractivity (Wildman–Crippen MR) is 116 cm³/mol. The van der Waals surface area contributed by atoms with Crippen molar-refractivity contribution in [3.8, 4) is 16.9 Å². The van der Waals surface area contributed by atoms with Gasteiger partial charge < -0.3 is 20.2 Å². The fourth-order valence-electron chi connectivity index (χ4n) is 4.23. The van der Waals surface area contributed by atoms with Gasteiger partial charge in [-0.05, 0) is 51.7 Å². The van der Waals surface area contributed by atoms with Crippen molar-refractivity contribution in [2.45, 2.75) is 12.6 Å². The van der Waals surface area contributed by atoms with Crippen LogP contribution in [0.4, 0.5) is 10.5 Å². The van der Waals surface area contributed by atoms with Crippen molar-refractivity contribution >= 4 is 28.4 Å². The van der Waals surface area contributed by atoms with Crippen LogP contribution in [-0.2, 0) is 11.3 Å². The van der Waals surface area contributed by atoms with E-state index in [1.807, 2.05) is 42.5 Å². The van der Waals surface area contributed by atoms with Crippen LogP contribution in [0.5, 0.6) is 5.75 Å². The monoisotopic (exact) mass is 399 g/mol. The first kappa shape index (κ1) is 18.2. The van der Waals surface area contributed by atoms with Crippen LogP contribution in [0.15, 0.2) is 67.3 Å². The van der Waals surface area contributed by atoms with Crippen LogP contribution >= 0.6 is 0 Å². The number of aromatic hydroxyl groups is 1. The van der Waals surface area contributed by atoms with Crippen LogP contribution in [0.1, 0.15) is 5.56 Å². The van der Waals surface area contributed by atoms with Gasteiger partial charge in [0.05, 0.1) is 6.04 Å². The highest BCUT2D eigenvalue weighted by Gasteiger charge is 2.38. The van der Waals surface area contributed by atoms with Crippen LogP contribution in [0, 0.1) is 0 Å². The van der Waals surface area contributed by atoms with E-state index in [1.54, 1.807) is 21.9 Å². The zero-order valence-electron chi connectivity index (χ0n) is 16.3. The number of fused-ring (bicyclic) bond motifs is 2. The summed E-state index contributed by atoms with van der Waals surface area (Å²) in [4.78, 5) is 27.8. The Morgan fingerprint density at radius 1 is 1.13 bits per heavy atom. The number of nitrogens with one attached hydrogen (secondary N) is 1. The number of phenolic OH excluding ortho intramolecular Hbond substituents is 1. The third kappa shape index (κ3) is 2.97. The lowest BCUT2D eigenvalue weighted by Crippen LogP contribution is -2.63. The Labute approximate surface area is 174 Å². The van der Waals surface area contributed by atoms with Crippen molar-refractivity contribution in [2.24, 2.45) is 0 Å². The lowest BCUT2D eigenvalue weighted by Gasteiger charge is -2.46. The Morgan fingerprint density at radius 2 is 1.93 bits per heavy atom. The average Bonchev–Trinajstić information content (AvgIpc) is 2.71. The Hall–Kier alpha value is -3.80. The molecule has 3 aromatic rings. The maximum absolute atomic E-state index is 12.7. The molecule has 5 rings (SSSR count). The summed E-state index contributed by atoms with van der Waals surface area (Å²) < 4.78 is 0. The molecule has 1 fully saturated rings. The quantitative estimate of drug-likeness (QED) is 0.655. The van der Waals surface area contributed by atoms with Crippen molar-refractivity contribution in [2.75, 3.05) is 18.4 Å². The van der Waals surface area contributed by atoms with Gasteiger partial charge in [0.1, 0.15) is 5.75 Å². The third-order valence-electron chi connectivity index (χ3n) is 5.90. The summed E-state index contributed by atoms with van der Waals surface area (Å²) in [5, 5.41) is 15.1. The first-order valence-corrected chi connectivity index (χ1v) is 9.87. The molecule has 30 heavy (non-hydrogen) atoms. The molecule has 6 nitrogen and oxygen atoms in total. The standard InChI is InChI=1S/C24H21N3O3/c1-2-23(29)26-13-18(14-26)27-12-17-8-7-16(10-22(17)25-24(27)30)21-11-19(28)9-15-5-3-4-6-20(15)21/h2-11,18,28H,1,12-14H2,(H,25,30). The Balaban J connectivity index is 1.43. The summed E-state index contributed by atoms with van der Waals surface area (Å²) >= 11 is 0. The molecule has 0 unspecified atom stereocenters. The fraction of sp³-hybridized carbons (Fsp3) is 0.167. The second-order valence-electron chi connectivity index (χ2n) is 7.75. The number of hydrogen-bond donors (Lipinski definition) is 2. The molecule has 0 spiro atoms. The first-order valence-electron chi connectivity index (χ1n) is 9.87. The Bertz CT molecular complexity index is 1200. The van der Waals surface area contributed by atoms with Crippen LogP contribution < -0.4 is 5.32 Å². The fourth-order valence-corrected chi connectivity index (χ4v) is 4.23. The van der Waals surface area contributed by atoms with Crippen molar-refractivity contribution in [3.63, 3.8) is 0 Å². The van der Waals surface area contributed by atoms with E-state index in [1.165, 1.54) is 6.08 Å². The Kier molecular flexibility index (Phi) is 4.20. The highest BCUT2D eigenvalue weighted by Crippen LogP contribution is 2.36. The number of likely N-dealkylation sites (tertiary alicyclic amines) is 1. The summed E-state index contributed by atoms with van der Waals surface area (Å²) in [6.45, 7) is 5.06. The largest absolute Gasteiger partial charge is 0.508 e. The van der Waals surface area contributed by atoms with E-state index in [0.717, 1.165) is 33.2 Å². The predicted octanol–water partition coefficient (Wildman–Crippen LogP) is 3.96. The van der Waals surface area contributed by atoms with Gasteiger partial charge in [0.15, 0.2) is 0 Å². The smallest absolute Gasteiger partial charge is 0.322 e. The van der Waals surface area contributed by atoms with Gasteiger partial charge in [0.2, 0.25) is 5.91 Å². The van der Waals surface area contributed by atoms with Gasteiger partial charge in [0, 0.05) is 25.3 Å². The van der Waals surface area contributed by atoms with Crippen molar-refractivity contribution in [1.82, 2.24) is 9.80 Å². The van der Waals surface area contributed by atoms with Gasteiger partial charge in [-0.3, -0.25) is 4.79 Å². The van der Waals surface area contributed by atoms with E-state index in [2.05, 4.69) is 11.9 Å². The highest BCUT2D eigenvalue weighted by atomic mass is 16.3. The summed E-state index contributed by atoms with van der Waals surface area (Å²) in [5.74, 6) is 0.104. The molecule has 3 amide bonds. The van der Waals surface area contributed by atoms with Crippen LogP contribution in [-0.4, -0.2) is 46.0 Å². The minimum atomic E-state index is -0.156. The Morgan fingerprint density at radius 3 is 2.73 bits per heavy atom. The van der Waals surface area contributed by atoms with Crippen molar-refractivity contribution < 1.29 is 14.7 Å². The molecule has 150 valence electrons. The summed E-state index contributed by atoms with van der Waals surface area (Å²) in [6.07, 6.45) is 1.30. The molecule has 0 radical (unpaired) electrons. The highest BCUT2D eigenvalue weighted by molar-refractivity contribution is 6.00. The second kappa shape index (κ2) is 6.91. The van der Waals surface area contributed by atoms with Gasteiger partial charge in [0.25, 0.3) is 0 Å². The van der Waals surface area contributed by atoms with Gasteiger partial charge in [-0.15, -0.1) is 0 Å². The van der Waals surface area contributed by atoms with Crippen molar-refractivity contribution in [3.05, 3.63) is 72.8 Å². The van der Waals surface area contributed by atoms with Gasteiger partial charge in [-0.1, -0.05) is 43.0 Å². The van der Waals surface area contributed by atoms with E-state index in [-0.39, 0.29) is 23.7 Å². The lowest BCUT2D eigenvalue weighted by atomic mass is 9.95. The summed E-state index contributed by atoms with van der Waals surface area (Å²) in [7, 11) is 0. The number of nitrogens with zero attached hydrogens (tertiary/aromatic N) is 2. The topological polar surface area (TPSA) is 72.9 Å². The second-order valence-corrected chi connectivity index (χ2v) is 7.75. The molecule has 2 N–H and O–H groups in total. The van der Waals surface area contributed by atoms with Crippen LogP contribution in [0.2, 0.25) is 0 Å². The molecule has 2 aliphatic rings. The number of rotatable bonds is 3. The minimum Gasteiger partial charge on any atom is -0.508 e. The maximum Gasteiger partial charge on any atom is 0.322 e. The molecule has 2 aliphatic heterocycles. The number of urea groups is 1. The molecule has 0 aromatic heterocycles. The molecule has 1 saturated heterocycles. The molecule has 6 heteroatoms. The molecule has 0 atom stereocenters. The molecule has 0 saturated carbocycles. The number of benzene rings is 3. The third-order valence-corrected chi connectivity index (χ3v) is 5.90. The number of phenols is 1. The maximum atomic E-state index is 12.7. The molecule has 0 aliphatic carbocycles.